The molecule has 0 saturated carbocycles. The monoisotopic (exact) mass is 374 g/mol. The molecule has 1 N–H and O–H groups in total. The van der Waals surface area contributed by atoms with E-state index >= 15 is 0 Å². The van der Waals surface area contributed by atoms with Gasteiger partial charge in [-0.15, -0.1) is 0 Å². The number of nitrogens with one attached hydrogen (secondary N) is 1. The maximum Gasteiger partial charge on any atom is 0.227 e. The van der Waals surface area contributed by atoms with Crippen molar-refractivity contribution in [1.29, 1.82) is 0 Å². The van der Waals surface area contributed by atoms with Gasteiger partial charge in [0.15, 0.2) is 0 Å². The third-order valence-corrected chi connectivity index (χ3v) is 5.15. The van der Waals surface area contributed by atoms with Crippen molar-refractivity contribution in [3.63, 3.8) is 0 Å². The molecule has 0 aliphatic carbocycles. The van der Waals surface area contributed by atoms with Crippen LogP contribution in [0.1, 0.15) is 17.9 Å². The van der Waals surface area contributed by atoms with Crippen LogP contribution in [0.3, 0.4) is 0 Å². The van der Waals surface area contributed by atoms with Crippen molar-refractivity contribution in [3.8, 4) is 11.4 Å². The highest BCUT2D eigenvalue weighted by molar-refractivity contribution is 7.98. The Hall–Kier alpha value is -2.19. The van der Waals surface area contributed by atoms with Gasteiger partial charge in [0.2, 0.25) is 17.6 Å². The molecule has 0 aliphatic heterocycles. The van der Waals surface area contributed by atoms with Crippen LogP contribution in [0.15, 0.2) is 45.9 Å². The standard InChI is InChI=1S/C17H18N4O2S2/c22-15(19-8-10-25-12-13-5-9-24-11-13)1-2-16-20-17(21-23-16)14-3-6-18-7-4-14/h3-7,9,11H,1-2,8,10,12H2,(H,19,22). The van der Waals surface area contributed by atoms with Gasteiger partial charge in [-0.25, -0.2) is 0 Å². The average Bonchev–Trinajstić information content (AvgIpc) is 3.32. The fraction of sp³-hybridized carbons (Fsp3) is 0.294. The number of rotatable bonds is 9. The van der Waals surface area contributed by atoms with Crippen LogP contribution >= 0.6 is 23.1 Å². The van der Waals surface area contributed by atoms with Crippen molar-refractivity contribution in [1.82, 2.24) is 20.4 Å². The first-order chi connectivity index (χ1) is 12.3. The lowest BCUT2D eigenvalue weighted by molar-refractivity contribution is -0.121. The molecule has 0 spiro atoms. The van der Waals surface area contributed by atoms with E-state index < -0.39 is 0 Å². The largest absolute Gasteiger partial charge is 0.355 e. The molecule has 3 aromatic rings. The maximum absolute atomic E-state index is 11.9. The van der Waals surface area contributed by atoms with Crippen LogP contribution in [0, 0.1) is 0 Å². The summed E-state index contributed by atoms with van der Waals surface area (Å²) in [6.07, 6.45) is 4.13. The molecule has 0 radical (unpaired) electrons. The number of carbonyl (C=O) groups excluding carboxylic acids is 1. The number of nitrogens with zero attached hydrogens (tertiary/aromatic N) is 3. The molecule has 0 bridgehead atoms. The molecule has 25 heavy (non-hydrogen) atoms. The lowest BCUT2D eigenvalue weighted by Gasteiger charge is -2.03. The average molecular weight is 374 g/mol. The summed E-state index contributed by atoms with van der Waals surface area (Å²) in [7, 11) is 0. The van der Waals surface area contributed by atoms with E-state index in [4.69, 9.17) is 4.52 Å². The van der Waals surface area contributed by atoms with Gasteiger partial charge >= 0.3 is 0 Å². The van der Waals surface area contributed by atoms with E-state index in [-0.39, 0.29) is 5.91 Å². The predicted octanol–water partition coefficient (Wildman–Crippen LogP) is 3.18. The second kappa shape index (κ2) is 9.33. The number of pyridine rings is 1. The molecule has 6 nitrogen and oxygen atoms in total. The number of hydrogen-bond donors (Lipinski definition) is 1. The van der Waals surface area contributed by atoms with Gasteiger partial charge in [0.05, 0.1) is 0 Å². The van der Waals surface area contributed by atoms with E-state index in [0.717, 1.165) is 17.1 Å². The first kappa shape index (κ1) is 17.6. The minimum atomic E-state index is -0.000190. The third-order valence-electron chi connectivity index (χ3n) is 3.39. The van der Waals surface area contributed by atoms with Crippen LogP contribution in [-0.4, -0.2) is 33.3 Å². The van der Waals surface area contributed by atoms with Crippen LogP contribution in [0.5, 0.6) is 0 Å². The Kier molecular flexibility index (Phi) is 6.58. The van der Waals surface area contributed by atoms with E-state index in [1.165, 1.54) is 5.56 Å². The van der Waals surface area contributed by atoms with E-state index in [0.29, 0.717) is 31.1 Å². The quantitative estimate of drug-likeness (QED) is 0.580. The Morgan fingerprint density at radius 3 is 2.96 bits per heavy atom. The van der Waals surface area contributed by atoms with Gasteiger partial charge in [-0.05, 0) is 34.5 Å². The zero-order chi connectivity index (χ0) is 17.3. The highest BCUT2D eigenvalue weighted by Gasteiger charge is 2.10. The Balaban J connectivity index is 1.33. The zero-order valence-corrected chi connectivity index (χ0v) is 15.2. The van der Waals surface area contributed by atoms with Crippen molar-refractivity contribution < 1.29 is 9.32 Å². The van der Waals surface area contributed by atoms with Gasteiger partial charge in [0, 0.05) is 48.8 Å². The van der Waals surface area contributed by atoms with E-state index in [1.54, 1.807) is 23.7 Å². The van der Waals surface area contributed by atoms with Crippen molar-refractivity contribution in [2.24, 2.45) is 0 Å². The molecule has 0 fully saturated rings. The van der Waals surface area contributed by atoms with E-state index in [9.17, 15) is 4.79 Å². The molecule has 3 aromatic heterocycles. The van der Waals surface area contributed by atoms with Gasteiger partial charge in [0.1, 0.15) is 0 Å². The SMILES string of the molecule is O=C(CCc1nc(-c2ccncc2)no1)NCCSCc1ccsc1. The first-order valence-electron chi connectivity index (χ1n) is 7.90. The molecule has 0 aliphatic rings. The number of carbonyl (C=O) groups is 1. The van der Waals surface area contributed by atoms with Gasteiger partial charge in [-0.2, -0.15) is 28.1 Å². The van der Waals surface area contributed by atoms with Crippen LogP contribution in [0.2, 0.25) is 0 Å². The molecular weight excluding hydrogens is 356 g/mol. The normalized spacial score (nSPS) is 10.7. The van der Waals surface area contributed by atoms with Gasteiger partial charge in [0.25, 0.3) is 0 Å². The third kappa shape index (κ3) is 5.68. The summed E-state index contributed by atoms with van der Waals surface area (Å²) in [6.45, 7) is 0.666. The molecular formula is C17H18N4O2S2. The Bertz CT molecular complexity index is 775. The molecule has 130 valence electrons. The van der Waals surface area contributed by atoms with Crippen molar-refractivity contribution in [3.05, 3.63) is 52.8 Å². The molecule has 1 amide bonds. The molecule has 0 saturated heterocycles. The van der Waals surface area contributed by atoms with Gasteiger partial charge in [-0.1, -0.05) is 5.16 Å². The number of amides is 1. The Morgan fingerprint density at radius 1 is 1.28 bits per heavy atom. The minimum Gasteiger partial charge on any atom is -0.355 e. The van der Waals surface area contributed by atoms with E-state index in [1.807, 2.05) is 23.9 Å². The summed E-state index contributed by atoms with van der Waals surface area (Å²) in [6, 6.07) is 5.76. The van der Waals surface area contributed by atoms with Gasteiger partial charge < -0.3 is 9.84 Å². The van der Waals surface area contributed by atoms with Crippen molar-refractivity contribution in [2.75, 3.05) is 12.3 Å². The summed E-state index contributed by atoms with van der Waals surface area (Å²) in [5.74, 6) is 2.87. The molecule has 3 heterocycles. The van der Waals surface area contributed by atoms with Crippen LogP contribution in [0.4, 0.5) is 0 Å². The maximum atomic E-state index is 11.9. The number of thioether (sulfide) groups is 1. The molecule has 0 atom stereocenters. The second-order valence-electron chi connectivity index (χ2n) is 5.28. The summed E-state index contributed by atoms with van der Waals surface area (Å²) in [5, 5.41) is 11.1. The molecule has 8 heteroatoms. The fourth-order valence-electron chi connectivity index (χ4n) is 2.11. The number of aryl methyl sites for hydroxylation is 1. The number of aromatic nitrogens is 3. The molecule has 0 unspecified atom stereocenters. The minimum absolute atomic E-state index is 0.000190. The van der Waals surface area contributed by atoms with Crippen LogP contribution in [0.25, 0.3) is 11.4 Å². The zero-order valence-electron chi connectivity index (χ0n) is 13.6. The van der Waals surface area contributed by atoms with Gasteiger partial charge in [-0.3, -0.25) is 9.78 Å². The lowest BCUT2D eigenvalue weighted by atomic mass is 10.2. The summed E-state index contributed by atoms with van der Waals surface area (Å²) in [4.78, 5) is 20.1. The first-order valence-corrected chi connectivity index (χ1v) is 9.99. The topological polar surface area (TPSA) is 80.9 Å². The van der Waals surface area contributed by atoms with E-state index in [2.05, 4.69) is 37.3 Å². The highest BCUT2D eigenvalue weighted by atomic mass is 32.2. The molecule has 0 aromatic carbocycles. The van der Waals surface area contributed by atoms with Crippen LogP contribution in [-0.2, 0) is 17.0 Å². The summed E-state index contributed by atoms with van der Waals surface area (Å²) < 4.78 is 5.19. The number of thiophene rings is 1. The highest BCUT2D eigenvalue weighted by Crippen LogP contribution is 2.15. The number of hydrogen-bond acceptors (Lipinski definition) is 7. The Morgan fingerprint density at radius 2 is 2.16 bits per heavy atom. The summed E-state index contributed by atoms with van der Waals surface area (Å²) >= 11 is 3.52. The lowest BCUT2D eigenvalue weighted by Crippen LogP contribution is -2.25. The summed E-state index contributed by atoms with van der Waals surface area (Å²) in [5.41, 5.74) is 2.18. The fourth-order valence-corrected chi connectivity index (χ4v) is 3.69. The van der Waals surface area contributed by atoms with Crippen molar-refractivity contribution >= 4 is 29.0 Å². The Labute approximate surface area is 154 Å². The smallest absolute Gasteiger partial charge is 0.227 e. The second-order valence-corrected chi connectivity index (χ2v) is 7.17. The molecule has 3 rings (SSSR count). The van der Waals surface area contributed by atoms with Crippen LogP contribution < -0.4 is 5.32 Å². The van der Waals surface area contributed by atoms with Crippen molar-refractivity contribution in [2.45, 2.75) is 18.6 Å². The predicted molar refractivity (Wildman–Crippen MR) is 99.3 cm³/mol.